The highest BCUT2D eigenvalue weighted by Crippen LogP contribution is 2.07. The Bertz CT molecular complexity index is 133. The lowest BCUT2D eigenvalue weighted by atomic mass is 10.1. The van der Waals surface area contributed by atoms with E-state index in [1.165, 1.54) is 0 Å². The molecule has 4 nitrogen and oxygen atoms in total. The first-order chi connectivity index (χ1) is 7.24. The Balaban J connectivity index is 3.62. The smallest absolute Gasteiger partial charge is 0.322 e. The van der Waals surface area contributed by atoms with Crippen molar-refractivity contribution in [1.29, 1.82) is 0 Å². The molecule has 0 fully saturated rings. The molecular weight excluding hydrogens is 208 g/mol. The number of unbranched alkanes of at least 4 members (excludes halogenated alkanes) is 1. The van der Waals surface area contributed by atoms with Gasteiger partial charge in [-0.2, -0.15) is 0 Å². The largest absolute Gasteiger partial charge is 0.397 e. The van der Waals surface area contributed by atoms with Gasteiger partial charge < -0.3 is 20.3 Å². The van der Waals surface area contributed by atoms with Crippen molar-refractivity contribution in [3.05, 3.63) is 0 Å². The lowest BCUT2D eigenvalue weighted by Gasteiger charge is -2.18. The Morgan fingerprint density at radius 1 is 1.13 bits per heavy atom. The van der Waals surface area contributed by atoms with Gasteiger partial charge in [-0.15, -0.1) is 0 Å². The van der Waals surface area contributed by atoms with Crippen molar-refractivity contribution in [3.63, 3.8) is 0 Å². The van der Waals surface area contributed by atoms with E-state index < -0.39 is 9.28 Å². The third-order valence-corrected chi connectivity index (χ3v) is 4.63. The van der Waals surface area contributed by atoms with Crippen LogP contribution in [0.25, 0.3) is 0 Å². The summed E-state index contributed by atoms with van der Waals surface area (Å²) < 4.78 is 11.1. The predicted octanol–water partition coefficient (Wildman–Crippen LogP) is 0.736. The molecule has 5 heteroatoms. The molecule has 0 aliphatic heterocycles. The van der Waals surface area contributed by atoms with Crippen LogP contribution in [0.1, 0.15) is 33.1 Å². The van der Waals surface area contributed by atoms with Gasteiger partial charge in [0.1, 0.15) is 0 Å². The van der Waals surface area contributed by atoms with Gasteiger partial charge in [0.2, 0.25) is 0 Å². The van der Waals surface area contributed by atoms with E-state index in [4.69, 9.17) is 20.3 Å². The fourth-order valence-electron chi connectivity index (χ4n) is 1.47. The second kappa shape index (κ2) is 10.6. The quantitative estimate of drug-likeness (QED) is 0.432. The summed E-state index contributed by atoms with van der Waals surface area (Å²) >= 11 is 0. The van der Waals surface area contributed by atoms with E-state index in [1.54, 1.807) is 0 Å². The van der Waals surface area contributed by atoms with Crippen LogP contribution in [0.3, 0.4) is 0 Å². The van der Waals surface area contributed by atoms with Crippen molar-refractivity contribution in [2.45, 2.75) is 45.2 Å². The van der Waals surface area contributed by atoms with Crippen LogP contribution in [0, 0.1) is 0 Å². The zero-order chi connectivity index (χ0) is 11.5. The van der Waals surface area contributed by atoms with Gasteiger partial charge in [0.25, 0.3) is 0 Å². The molecule has 15 heavy (non-hydrogen) atoms. The van der Waals surface area contributed by atoms with Crippen LogP contribution in [-0.4, -0.2) is 35.1 Å². The first kappa shape index (κ1) is 15.1. The predicted molar refractivity (Wildman–Crippen MR) is 66.1 cm³/mol. The lowest BCUT2D eigenvalue weighted by molar-refractivity contribution is 0.211. The fourth-order valence-corrected chi connectivity index (χ4v) is 3.31. The van der Waals surface area contributed by atoms with Gasteiger partial charge in [-0.25, -0.2) is 0 Å². The van der Waals surface area contributed by atoms with Gasteiger partial charge in [-0.1, -0.05) is 6.42 Å². The second-order valence-electron chi connectivity index (χ2n) is 3.62. The Kier molecular flexibility index (Phi) is 10.6. The Morgan fingerprint density at radius 3 is 2.20 bits per heavy atom. The highest BCUT2D eigenvalue weighted by Gasteiger charge is 2.16. The van der Waals surface area contributed by atoms with Crippen LogP contribution < -0.4 is 11.5 Å². The van der Waals surface area contributed by atoms with E-state index in [2.05, 4.69) is 0 Å². The van der Waals surface area contributed by atoms with Crippen molar-refractivity contribution < 1.29 is 8.85 Å². The van der Waals surface area contributed by atoms with E-state index in [-0.39, 0.29) is 6.04 Å². The summed E-state index contributed by atoms with van der Waals surface area (Å²) in [6.07, 6.45) is 3.20. The average Bonchev–Trinajstić information content (AvgIpc) is 2.19. The van der Waals surface area contributed by atoms with Crippen molar-refractivity contribution in [2.75, 3.05) is 19.8 Å². The minimum atomic E-state index is -1.50. The molecule has 0 spiro atoms. The molecule has 0 saturated carbocycles. The molecule has 0 amide bonds. The molecule has 0 aromatic heterocycles. The minimum Gasteiger partial charge on any atom is -0.397 e. The van der Waals surface area contributed by atoms with Gasteiger partial charge in [0, 0.05) is 25.3 Å². The van der Waals surface area contributed by atoms with Crippen LogP contribution in [0.15, 0.2) is 0 Å². The molecule has 92 valence electrons. The van der Waals surface area contributed by atoms with Crippen LogP contribution in [0.5, 0.6) is 0 Å². The number of hydrogen-bond donors (Lipinski definition) is 2. The molecular formula is C10H26N2O2Si. The van der Waals surface area contributed by atoms with Gasteiger partial charge in [-0.3, -0.25) is 0 Å². The van der Waals surface area contributed by atoms with Crippen LogP contribution in [0.2, 0.25) is 6.04 Å². The van der Waals surface area contributed by atoms with Gasteiger partial charge in [-0.05, 0) is 33.2 Å². The summed E-state index contributed by atoms with van der Waals surface area (Å²) in [7, 11) is -1.50. The minimum absolute atomic E-state index is 0.214. The molecule has 0 rings (SSSR count). The fraction of sp³-hybridized carbons (Fsp3) is 1.00. The monoisotopic (exact) mass is 234 g/mol. The maximum atomic E-state index is 6.01. The molecule has 0 bridgehead atoms. The molecule has 0 aliphatic carbocycles. The van der Waals surface area contributed by atoms with E-state index in [9.17, 15) is 0 Å². The first-order valence-corrected chi connectivity index (χ1v) is 7.69. The molecule has 1 unspecified atom stereocenters. The molecule has 0 radical (unpaired) electrons. The topological polar surface area (TPSA) is 70.5 Å². The van der Waals surface area contributed by atoms with Gasteiger partial charge in [0.15, 0.2) is 0 Å². The highest BCUT2D eigenvalue weighted by molar-refractivity contribution is 6.44. The molecule has 0 aromatic rings. The zero-order valence-electron chi connectivity index (χ0n) is 10.1. The summed E-state index contributed by atoms with van der Waals surface area (Å²) in [5, 5.41) is 0. The molecule has 4 N–H and O–H groups in total. The lowest BCUT2D eigenvalue weighted by Crippen LogP contribution is -2.32. The second-order valence-corrected chi connectivity index (χ2v) is 5.62. The maximum Gasteiger partial charge on any atom is 0.322 e. The number of rotatable bonds is 10. The van der Waals surface area contributed by atoms with E-state index in [1.807, 2.05) is 13.8 Å². The molecule has 0 aliphatic rings. The van der Waals surface area contributed by atoms with Gasteiger partial charge >= 0.3 is 9.28 Å². The zero-order valence-corrected chi connectivity index (χ0v) is 11.2. The summed E-state index contributed by atoms with van der Waals surface area (Å²) in [4.78, 5) is 0. The van der Waals surface area contributed by atoms with Crippen molar-refractivity contribution in [3.8, 4) is 0 Å². The summed E-state index contributed by atoms with van der Waals surface area (Å²) in [5.74, 6) is 0. The Hall–Kier alpha value is 0.0569. The standard InChI is InChI=1S/C10H26N2O2Si/c1-3-13-15(14-4-2)9-10(12)7-5-6-8-11/h10,15H,3-9,11-12H2,1-2H3. The normalized spacial score (nSPS) is 13.4. The van der Waals surface area contributed by atoms with E-state index in [0.717, 1.165) is 45.1 Å². The van der Waals surface area contributed by atoms with Crippen LogP contribution in [-0.2, 0) is 8.85 Å². The third-order valence-electron chi connectivity index (χ3n) is 2.23. The Labute approximate surface area is 95.2 Å². The third kappa shape index (κ3) is 9.01. The summed E-state index contributed by atoms with van der Waals surface area (Å²) in [6.45, 7) is 6.21. The van der Waals surface area contributed by atoms with Gasteiger partial charge in [0.05, 0.1) is 0 Å². The Morgan fingerprint density at radius 2 is 1.73 bits per heavy atom. The van der Waals surface area contributed by atoms with Crippen molar-refractivity contribution in [2.24, 2.45) is 11.5 Å². The molecule has 0 saturated heterocycles. The average molecular weight is 234 g/mol. The molecule has 0 aromatic carbocycles. The molecule has 1 atom stereocenters. The number of hydrogen-bond acceptors (Lipinski definition) is 4. The maximum absolute atomic E-state index is 6.01. The van der Waals surface area contributed by atoms with Crippen molar-refractivity contribution >= 4 is 9.28 Å². The van der Waals surface area contributed by atoms with Crippen molar-refractivity contribution in [1.82, 2.24) is 0 Å². The summed E-state index contributed by atoms with van der Waals surface area (Å²) in [6, 6.07) is 1.12. The summed E-state index contributed by atoms with van der Waals surface area (Å²) in [5.41, 5.74) is 11.4. The highest BCUT2D eigenvalue weighted by atomic mass is 28.3. The van der Waals surface area contributed by atoms with E-state index in [0.29, 0.717) is 0 Å². The molecule has 0 heterocycles. The SMILES string of the molecule is CCO[SiH](CC(N)CCCCN)OCC. The van der Waals surface area contributed by atoms with Crippen LogP contribution >= 0.6 is 0 Å². The van der Waals surface area contributed by atoms with Crippen LogP contribution in [0.4, 0.5) is 0 Å². The first-order valence-electron chi connectivity index (χ1n) is 5.93. The van der Waals surface area contributed by atoms with E-state index >= 15 is 0 Å². The number of nitrogens with two attached hydrogens (primary N) is 2.